The van der Waals surface area contributed by atoms with Gasteiger partial charge in [0, 0.05) is 12.1 Å². The molecule has 0 unspecified atom stereocenters. The maximum absolute atomic E-state index is 6.17. The van der Waals surface area contributed by atoms with Crippen molar-refractivity contribution in [1.82, 2.24) is 19.6 Å². The van der Waals surface area contributed by atoms with Crippen LogP contribution in [0, 0.1) is 12.3 Å². The fraction of sp³-hybridized carbons (Fsp3) is 0.643. The van der Waals surface area contributed by atoms with Gasteiger partial charge in [0.15, 0.2) is 0 Å². The zero-order valence-electron chi connectivity index (χ0n) is 12.0. The van der Waals surface area contributed by atoms with Crippen molar-refractivity contribution >= 4 is 23.2 Å². The number of nitrogens with one attached hydrogen (secondary N) is 1. The van der Waals surface area contributed by atoms with Gasteiger partial charge in [-0.3, -0.25) is 0 Å². The van der Waals surface area contributed by atoms with Gasteiger partial charge in [0.1, 0.15) is 17.3 Å². The largest absolute Gasteiger partial charge is 0.369 e. The van der Waals surface area contributed by atoms with Gasteiger partial charge in [-0.15, -0.1) is 0 Å². The van der Waals surface area contributed by atoms with Crippen LogP contribution in [0.3, 0.4) is 0 Å². The average Bonchev–Trinajstić information content (AvgIpc) is 2.88. The summed E-state index contributed by atoms with van der Waals surface area (Å²) in [7, 11) is 0. The molecule has 1 aliphatic carbocycles. The molecule has 3 rings (SSSR count). The van der Waals surface area contributed by atoms with Gasteiger partial charge >= 0.3 is 0 Å². The lowest BCUT2D eigenvalue weighted by Crippen LogP contribution is -2.29. The Morgan fingerprint density at radius 2 is 2.10 bits per heavy atom. The second-order valence-corrected chi connectivity index (χ2v) is 6.43. The van der Waals surface area contributed by atoms with E-state index in [2.05, 4.69) is 27.3 Å². The zero-order chi connectivity index (χ0) is 14.2. The minimum Gasteiger partial charge on any atom is -0.369 e. The SMILES string of the molecule is Cc1c(Cl)nc2ncnn2c1NCC1(C)CCCCC1. The Morgan fingerprint density at radius 3 is 2.85 bits per heavy atom. The van der Waals surface area contributed by atoms with E-state index in [-0.39, 0.29) is 0 Å². The van der Waals surface area contributed by atoms with Crippen molar-refractivity contribution in [2.45, 2.75) is 46.0 Å². The van der Waals surface area contributed by atoms with Gasteiger partial charge < -0.3 is 5.32 Å². The van der Waals surface area contributed by atoms with Crippen molar-refractivity contribution in [2.75, 3.05) is 11.9 Å². The van der Waals surface area contributed by atoms with E-state index in [1.807, 2.05) is 6.92 Å². The molecule has 0 spiro atoms. The summed E-state index contributed by atoms with van der Waals surface area (Å²) >= 11 is 6.17. The van der Waals surface area contributed by atoms with Crippen LogP contribution in [-0.4, -0.2) is 26.1 Å². The van der Waals surface area contributed by atoms with Crippen molar-refractivity contribution in [1.29, 1.82) is 0 Å². The van der Waals surface area contributed by atoms with Crippen LogP contribution in [0.25, 0.3) is 5.78 Å². The van der Waals surface area contributed by atoms with Crippen LogP contribution in [0.2, 0.25) is 5.15 Å². The fourth-order valence-corrected chi connectivity index (χ4v) is 3.15. The summed E-state index contributed by atoms with van der Waals surface area (Å²) in [5.41, 5.74) is 1.27. The summed E-state index contributed by atoms with van der Waals surface area (Å²) in [5.74, 6) is 1.45. The topological polar surface area (TPSA) is 55.1 Å². The molecule has 108 valence electrons. The van der Waals surface area contributed by atoms with E-state index >= 15 is 0 Å². The molecule has 5 nitrogen and oxygen atoms in total. The summed E-state index contributed by atoms with van der Waals surface area (Å²) < 4.78 is 1.73. The highest BCUT2D eigenvalue weighted by Gasteiger charge is 2.27. The molecule has 0 aliphatic heterocycles. The van der Waals surface area contributed by atoms with E-state index in [1.54, 1.807) is 4.52 Å². The lowest BCUT2D eigenvalue weighted by Gasteiger charge is -2.34. The van der Waals surface area contributed by atoms with E-state index < -0.39 is 0 Å². The molecule has 1 aliphatic rings. The number of hydrogen-bond acceptors (Lipinski definition) is 4. The summed E-state index contributed by atoms with van der Waals surface area (Å²) in [5, 5.41) is 8.25. The molecule has 1 fully saturated rings. The second-order valence-electron chi connectivity index (χ2n) is 6.07. The molecule has 20 heavy (non-hydrogen) atoms. The molecular weight excluding hydrogens is 274 g/mol. The predicted molar refractivity (Wildman–Crippen MR) is 80.2 cm³/mol. The van der Waals surface area contributed by atoms with Crippen molar-refractivity contribution in [3.8, 4) is 0 Å². The Bertz CT molecular complexity index is 615. The van der Waals surface area contributed by atoms with Crippen molar-refractivity contribution in [3.05, 3.63) is 17.0 Å². The second kappa shape index (κ2) is 5.20. The lowest BCUT2D eigenvalue weighted by atomic mass is 9.76. The van der Waals surface area contributed by atoms with Gasteiger partial charge in [-0.2, -0.15) is 19.6 Å². The molecule has 1 N–H and O–H groups in total. The first kappa shape index (κ1) is 13.6. The van der Waals surface area contributed by atoms with Gasteiger partial charge in [0.05, 0.1) is 0 Å². The number of hydrogen-bond donors (Lipinski definition) is 1. The van der Waals surface area contributed by atoms with Crippen LogP contribution in [0.4, 0.5) is 5.82 Å². The van der Waals surface area contributed by atoms with Crippen LogP contribution in [0.5, 0.6) is 0 Å². The van der Waals surface area contributed by atoms with E-state index in [9.17, 15) is 0 Å². The normalized spacial score (nSPS) is 18.4. The van der Waals surface area contributed by atoms with Crippen LogP contribution in [0.15, 0.2) is 6.33 Å². The van der Waals surface area contributed by atoms with Crippen LogP contribution in [0.1, 0.15) is 44.6 Å². The Hall–Kier alpha value is -1.36. The van der Waals surface area contributed by atoms with E-state index in [0.29, 0.717) is 16.3 Å². The first-order valence-corrected chi connectivity index (χ1v) is 7.57. The monoisotopic (exact) mass is 293 g/mol. The van der Waals surface area contributed by atoms with Gasteiger partial charge in [0.25, 0.3) is 5.78 Å². The quantitative estimate of drug-likeness (QED) is 0.881. The summed E-state index contributed by atoms with van der Waals surface area (Å²) in [4.78, 5) is 8.33. The summed E-state index contributed by atoms with van der Waals surface area (Å²) in [6.07, 6.45) is 8.07. The van der Waals surface area contributed by atoms with Crippen molar-refractivity contribution in [2.24, 2.45) is 5.41 Å². The van der Waals surface area contributed by atoms with Crippen molar-refractivity contribution < 1.29 is 0 Å². The molecule has 2 aromatic rings. The highest BCUT2D eigenvalue weighted by molar-refractivity contribution is 6.30. The molecule has 0 aromatic carbocycles. The maximum Gasteiger partial charge on any atom is 0.255 e. The molecule has 2 heterocycles. The zero-order valence-corrected chi connectivity index (χ0v) is 12.7. The maximum atomic E-state index is 6.17. The first-order valence-electron chi connectivity index (χ1n) is 7.19. The fourth-order valence-electron chi connectivity index (χ4n) is 2.98. The molecule has 0 radical (unpaired) electrons. The molecule has 6 heteroatoms. The average molecular weight is 294 g/mol. The van der Waals surface area contributed by atoms with Crippen molar-refractivity contribution in [3.63, 3.8) is 0 Å². The molecule has 0 atom stereocenters. The highest BCUT2D eigenvalue weighted by Crippen LogP contribution is 2.36. The molecule has 2 aromatic heterocycles. The third-order valence-corrected chi connectivity index (χ3v) is 4.72. The van der Waals surface area contributed by atoms with E-state index in [0.717, 1.165) is 17.9 Å². The molecule has 1 saturated carbocycles. The number of aromatic nitrogens is 4. The van der Waals surface area contributed by atoms with Crippen LogP contribution in [-0.2, 0) is 0 Å². The summed E-state index contributed by atoms with van der Waals surface area (Å²) in [6, 6.07) is 0. The highest BCUT2D eigenvalue weighted by atomic mass is 35.5. The number of halogens is 1. The molecular formula is C14H20ClN5. The Kier molecular flexibility index (Phi) is 3.54. The van der Waals surface area contributed by atoms with Gasteiger partial charge in [-0.25, -0.2) is 0 Å². The van der Waals surface area contributed by atoms with E-state index in [1.165, 1.54) is 38.4 Å². The van der Waals surface area contributed by atoms with Gasteiger partial charge in [-0.05, 0) is 25.2 Å². The molecule has 0 amide bonds. The number of fused-ring (bicyclic) bond motifs is 1. The van der Waals surface area contributed by atoms with Crippen LogP contribution >= 0.6 is 11.6 Å². The lowest BCUT2D eigenvalue weighted by molar-refractivity contribution is 0.233. The van der Waals surface area contributed by atoms with Crippen LogP contribution < -0.4 is 5.32 Å². The predicted octanol–water partition coefficient (Wildman–Crippen LogP) is 3.47. The first-order chi connectivity index (χ1) is 9.59. The Morgan fingerprint density at radius 1 is 1.35 bits per heavy atom. The minimum atomic E-state index is 0.355. The number of nitrogens with zero attached hydrogens (tertiary/aromatic N) is 4. The summed E-state index contributed by atoms with van der Waals surface area (Å²) in [6.45, 7) is 5.25. The molecule has 0 saturated heterocycles. The smallest absolute Gasteiger partial charge is 0.255 e. The Balaban J connectivity index is 1.86. The number of rotatable bonds is 3. The third-order valence-electron chi connectivity index (χ3n) is 4.35. The van der Waals surface area contributed by atoms with Gasteiger partial charge in [0.2, 0.25) is 0 Å². The third kappa shape index (κ3) is 2.46. The minimum absolute atomic E-state index is 0.355. The van der Waals surface area contributed by atoms with E-state index in [4.69, 9.17) is 11.6 Å². The molecule has 0 bridgehead atoms. The van der Waals surface area contributed by atoms with Gasteiger partial charge in [-0.1, -0.05) is 37.8 Å². The standard InChI is InChI=1S/C14H20ClN5/c1-10-11(15)19-13-17-9-18-20(13)12(10)16-8-14(2)6-4-3-5-7-14/h9,16H,3-8H2,1-2H3. The Labute approximate surface area is 123 Å². The number of anilines is 1.